The first kappa shape index (κ1) is 17.1. The van der Waals surface area contributed by atoms with Crippen molar-refractivity contribution in [3.8, 4) is 0 Å². The fourth-order valence-electron chi connectivity index (χ4n) is 2.77. The molecule has 8 heteroatoms. The molecule has 6 nitrogen and oxygen atoms in total. The second kappa shape index (κ2) is 7.42. The SMILES string of the molecule is CCNc1ccc(N2CCN(C(=O)c3c(F)cccc3F)CC2)nn1. The number of nitrogens with one attached hydrogen (secondary N) is 1. The first-order valence-corrected chi connectivity index (χ1v) is 8.16. The average Bonchev–Trinajstić information content (AvgIpc) is 2.62. The van der Waals surface area contributed by atoms with Gasteiger partial charge in [-0.3, -0.25) is 4.79 Å². The van der Waals surface area contributed by atoms with Gasteiger partial charge in [0.05, 0.1) is 0 Å². The number of anilines is 2. The van der Waals surface area contributed by atoms with Crippen molar-refractivity contribution < 1.29 is 13.6 Å². The summed E-state index contributed by atoms with van der Waals surface area (Å²) in [6.45, 7) is 4.52. The van der Waals surface area contributed by atoms with E-state index in [0.717, 1.165) is 18.7 Å². The molecule has 1 fully saturated rings. The van der Waals surface area contributed by atoms with Gasteiger partial charge in [0.25, 0.3) is 5.91 Å². The highest BCUT2D eigenvalue weighted by molar-refractivity contribution is 5.95. The van der Waals surface area contributed by atoms with Gasteiger partial charge in [0.1, 0.15) is 23.0 Å². The van der Waals surface area contributed by atoms with Gasteiger partial charge in [-0.1, -0.05) is 6.07 Å². The number of halogens is 2. The number of rotatable bonds is 4. The van der Waals surface area contributed by atoms with Crippen molar-refractivity contribution in [2.45, 2.75) is 6.92 Å². The van der Waals surface area contributed by atoms with E-state index in [-0.39, 0.29) is 0 Å². The Morgan fingerprint density at radius 3 is 2.32 bits per heavy atom. The maximum Gasteiger partial charge on any atom is 0.259 e. The second-order valence-corrected chi connectivity index (χ2v) is 5.68. The van der Waals surface area contributed by atoms with Gasteiger partial charge in [0.15, 0.2) is 5.82 Å². The van der Waals surface area contributed by atoms with E-state index in [2.05, 4.69) is 15.5 Å². The lowest BCUT2D eigenvalue weighted by atomic mass is 10.1. The van der Waals surface area contributed by atoms with Crippen LogP contribution in [0.4, 0.5) is 20.4 Å². The molecule has 0 spiro atoms. The molecular weight excluding hydrogens is 328 g/mol. The van der Waals surface area contributed by atoms with Crippen molar-refractivity contribution in [1.29, 1.82) is 0 Å². The Hall–Kier alpha value is -2.77. The number of hydrogen-bond donors (Lipinski definition) is 1. The van der Waals surface area contributed by atoms with Crippen molar-refractivity contribution in [1.82, 2.24) is 15.1 Å². The number of piperazine rings is 1. The van der Waals surface area contributed by atoms with Crippen LogP contribution in [0.2, 0.25) is 0 Å². The van der Waals surface area contributed by atoms with Crippen LogP contribution in [0, 0.1) is 11.6 Å². The molecule has 0 radical (unpaired) electrons. The van der Waals surface area contributed by atoms with E-state index in [4.69, 9.17) is 0 Å². The summed E-state index contributed by atoms with van der Waals surface area (Å²) in [5, 5.41) is 11.3. The highest BCUT2D eigenvalue weighted by Gasteiger charge is 2.27. The van der Waals surface area contributed by atoms with Gasteiger partial charge in [-0.05, 0) is 31.2 Å². The first-order valence-electron chi connectivity index (χ1n) is 8.16. The van der Waals surface area contributed by atoms with E-state index in [9.17, 15) is 13.6 Å². The number of hydrogen-bond acceptors (Lipinski definition) is 5. The summed E-state index contributed by atoms with van der Waals surface area (Å²) in [7, 11) is 0. The number of benzene rings is 1. The Bertz CT molecular complexity index is 725. The third-order valence-corrected chi connectivity index (χ3v) is 4.08. The lowest BCUT2D eigenvalue weighted by molar-refractivity contribution is 0.0736. The molecule has 2 heterocycles. The minimum absolute atomic E-state index is 0.364. The summed E-state index contributed by atoms with van der Waals surface area (Å²) in [4.78, 5) is 15.8. The van der Waals surface area contributed by atoms with Crippen molar-refractivity contribution in [3.63, 3.8) is 0 Å². The van der Waals surface area contributed by atoms with Crippen LogP contribution in [0.25, 0.3) is 0 Å². The Labute approximate surface area is 144 Å². The van der Waals surface area contributed by atoms with Crippen molar-refractivity contribution in [2.24, 2.45) is 0 Å². The summed E-state index contributed by atoms with van der Waals surface area (Å²) in [5.41, 5.74) is -0.495. The third kappa shape index (κ3) is 3.67. The van der Waals surface area contributed by atoms with E-state index >= 15 is 0 Å². The summed E-state index contributed by atoms with van der Waals surface area (Å²) in [6.07, 6.45) is 0. The molecule has 25 heavy (non-hydrogen) atoms. The molecule has 0 unspecified atom stereocenters. The Kier molecular flexibility index (Phi) is 5.06. The summed E-state index contributed by atoms with van der Waals surface area (Å²) >= 11 is 0. The predicted molar refractivity (Wildman–Crippen MR) is 90.7 cm³/mol. The zero-order valence-corrected chi connectivity index (χ0v) is 13.9. The van der Waals surface area contributed by atoms with Crippen LogP contribution in [-0.4, -0.2) is 53.7 Å². The van der Waals surface area contributed by atoms with Crippen molar-refractivity contribution >= 4 is 17.5 Å². The van der Waals surface area contributed by atoms with Crippen LogP contribution in [0.1, 0.15) is 17.3 Å². The zero-order chi connectivity index (χ0) is 17.8. The maximum absolute atomic E-state index is 13.8. The molecule has 1 N–H and O–H groups in total. The number of amides is 1. The topological polar surface area (TPSA) is 61.4 Å². The van der Waals surface area contributed by atoms with Crippen LogP contribution in [-0.2, 0) is 0 Å². The van der Waals surface area contributed by atoms with Gasteiger partial charge >= 0.3 is 0 Å². The fraction of sp³-hybridized carbons (Fsp3) is 0.353. The largest absolute Gasteiger partial charge is 0.369 e. The van der Waals surface area contributed by atoms with Gasteiger partial charge in [0, 0.05) is 32.7 Å². The number of nitrogens with zero attached hydrogens (tertiary/aromatic N) is 4. The highest BCUT2D eigenvalue weighted by atomic mass is 19.1. The number of carbonyl (C=O) groups excluding carboxylic acids is 1. The van der Waals surface area contributed by atoms with Gasteiger partial charge in [0.2, 0.25) is 0 Å². The smallest absolute Gasteiger partial charge is 0.259 e. The van der Waals surface area contributed by atoms with Crippen LogP contribution in [0.5, 0.6) is 0 Å². The molecule has 1 amide bonds. The fourth-order valence-corrected chi connectivity index (χ4v) is 2.77. The molecule has 1 aliphatic heterocycles. The van der Waals surface area contributed by atoms with Crippen molar-refractivity contribution in [2.75, 3.05) is 42.9 Å². The molecule has 1 aromatic carbocycles. The molecular formula is C17H19F2N5O. The molecule has 1 aliphatic rings. The highest BCUT2D eigenvalue weighted by Crippen LogP contribution is 2.18. The van der Waals surface area contributed by atoms with Crippen LogP contribution < -0.4 is 10.2 Å². The van der Waals surface area contributed by atoms with Gasteiger partial charge in [-0.25, -0.2) is 8.78 Å². The average molecular weight is 347 g/mol. The molecule has 0 saturated carbocycles. The summed E-state index contributed by atoms with van der Waals surface area (Å²) < 4.78 is 27.6. The molecule has 132 valence electrons. The van der Waals surface area contributed by atoms with Gasteiger partial charge < -0.3 is 15.1 Å². The standard InChI is InChI=1S/C17H19F2N5O/c1-2-20-14-6-7-15(22-21-14)23-8-10-24(11-9-23)17(25)16-12(18)4-3-5-13(16)19/h3-7H,2,8-11H2,1H3,(H,20,21). The quantitative estimate of drug-likeness (QED) is 0.918. The second-order valence-electron chi connectivity index (χ2n) is 5.68. The van der Waals surface area contributed by atoms with E-state index in [1.165, 1.54) is 11.0 Å². The van der Waals surface area contributed by atoms with Crippen LogP contribution in [0.15, 0.2) is 30.3 Å². The minimum atomic E-state index is -0.836. The van der Waals surface area contributed by atoms with Crippen molar-refractivity contribution in [3.05, 3.63) is 47.5 Å². The van der Waals surface area contributed by atoms with E-state index in [1.807, 2.05) is 24.0 Å². The molecule has 2 aromatic rings. The maximum atomic E-state index is 13.8. The molecule has 0 aliphatic carbocycles. The molecule has 1 saturated heterocycles. The first-order chi connectivity index (χ1) is 12.1. The molecule has 0 atom stereocenters. The van der Waals surface area contributed by atoms with Crippen LogP contribution >= 0.6 is 0 Å². The lowest BCUT2D eigenvalue weighted by Crippen LogP contribution is -2.49. The summed E-state index contributed by atoms with van der Waals surface area (Å²) in [5.74, 6) is -0.876. The minimum Gasteiger partial charge on any atom is -0.369 e. The Morgan fingerprint density at radius 2 is 1.76 bits per heavy atom. The Balaban J connectivity index is 1.64. The Morgan fingerprint density at radius 1 is 1.08 bits per heavy atom. The molecule has 3 rings (SSSR count). The number of carbonyl (C=O) groups is 1. The van der Waals surface area contributed by atoms with Crippen LogP contribution in [0.3, 0.4) is 0 Å². The monoisotopic (exact) mass is 347 g/mol. The third-order valence-electron chi connectivity index (χ3n) is 4.08. The van der Waals surface area contributed by atoms with Gasteiger partial charge in [-0.2, -0.15) is 0 Å². The summed E-state index contributed by atoms with van der Waals surface area (Å²) in [6, 6.07) is 7.13. The van der Waals surface area contributed by atoms with E-state index in [1.54, 1.807) is 0 Å². The molecule has 1 aromatic heterocycles. The molecule has 0 bridgehead atoms. The normalized spacial score (nSPS) is 14.5. The van der Waals surface area contributed by atoms with Gasteiger partial charge in [-0.15, -0.1) is 10.2 Å². The van der Waals surface area contributed by atoms with E-state index in [0.29, 0.717) is 37.8 Å². The van der Waals surface area contributed by atoms with E-state index < -0.39 is 23.1 Å². The number of aromatic nitrogens is 2. The lowest BCUT2D eigenvalue weighted by Gasteiger charge is -2.35. The predicted octanol–water partition coefficient (Wildman–Crippen LogP) is 2.15. The zero-order valence-electron chi connectivity index (χ0n) is 13.9.